The van der Waals surface area contributed by atoms with Crippen molar-refractivity contribution in [3.05, 3.63) is 34.9 Å². The number of amides is 1. The van der Waals surface area contributed by atoms with Gasteiger partial charge in [-0.3, -0.25) is 4.79 Å². The van der Waals surface area contributed by atoms with Gasteiger partial charge >= 0.3 is 35.8 Å². The van der Waals surface area contributed by atoms with Crippen LogP contribution in [0.2, 0.25) is 5.02 Å². The van der Waals surface area contributed by atoms with Crippen molar-refractivity contribution in [1.29, 1.82) is 0 Å². The number of nitrogens with one attached hydrogen (secondary N) is 1. The van der Waals surface area contributed by atoms with Crippen LogP contribution in [-0.2, 0) is 11.2 Å². The zero-order valence-corrected chi connectivity index (χ0v) is 15.2. The lowest BCUT2D eigenvalue weighted by atomic mass is 9.93. The molecule has 1 N–H and O–H groups in total. The highest BCUT2D eigenvalue weighted by Gasteiger charge is 2.91. The van der Waals surface area contributed by atoms with Gasteiger partial charge in [0.25, 0.3) is 5.91 Å². The molecule has 0 aliphatic heterocycles. The largest absolute Gasteiger partial charge is 0.460 e. The summed E-state index contributed by atoms with van der Waals surface area (Å²) in [6.45, 7) is -0.967. The van der Waals surface area contributed by atoms with E-state index >= 15 is 0 Å². The van der Waals surface area contributed by atoms with E-state index in [4.69, 9.17) is 11.6 Å². The fraction of sp³-hybridized carbons (Fsp3) is 0.533. The minimum atomic E-state index is -8.05. The van der Waals surface area contributed by atoms with Crippen molar-refractivity contribution in [2.75, 3.05) is 6.54 Å². The van der Waals surface area contributed by atoms with E-state index in [0.29, 0.717) is 0 Å². The normalized spacial score (nSPS) is 14.5. The first-order chi connectivity index (χ1) is 13.6. The molecule has 1 aromatic rings. The molecule has 31 heavy (non-hydrogen) atoms. The quantitative estimate of drug-likeness (QED) is 0.453. The van der Waals surface area contributed by atoms with E-state index in [-0.39, 0.29) is 10.6 Å². The molecule has 0 unspecified atom stereocenters. The number of hydrogen-bond donors (Lipinski definition) is 1. The standard InChI is InChI=1S/C15H9ClF13NO/c16-8-3-1-2-7(6-8)4-5-30-9(31)10(17,18)11(19,20)12(21,22)13(23,24)14(25,26)15(27,28)29/h1-3,6H,4-5H2,(H,30,31). The summed E-state index contributed by atoms with van der Waals surface area (Å²) >= 11 is 5.58. The van der Waals surface area contributed by atoms with Crippen LogP contribution in [0.3, 0.4) is 0 Å². The van der Waals surface area contributed by atoms with Crippen LogP contribution >= 0.6 is 11.6 Å². The molecule has 16 heteroatoms. The molecule has 1 amide bonds. The number of alkyl halides is 13. The third kappa shape index (κ3) is 4.51. The Bertz CT molecular complexity index is 806. The second-order valence-electron chi connectivity index (χ2n) is 6.01. The van der Waals surface area contributed by atoms with E-state index in [9.17, 15) is 61.9 Å². The van der Waals surface area contributed by atoms with Gasteiger partial charge in [-0.1, -0.05) is 23.7 Å². The van der Waals surface area contributed by atoms with E-state index in [0.717, 1.165) is 5.32 Å². The number of carbonyl (C=O) groups is 1. The maximum Gasteiger partial charge on any atom is 0.460 e. The molecule has 0 saturated heterocycles. The lowest BCUT2D eigenvalue weighted by Gasteiger charge is -2.39. The van der Waals surface area contributed by atoms with Gasteiger partial charge in [-0.15, -0.1) is 0 Å². The maximum absolute atomic E-state index is 13.6. The zero-order valence-electron chi connectivity index (χ0n) is 14.4. The summed E-state index contributed by atoms with van der Waals surface area (Å²) in [4.78, 5) is 11.2. The van der Waals surface area contributed by atoms with Crippen molar-refractivity contribution >= 4 is 17.5 Å². The van der Waals surface area contributed by atoms with E-state index < -0.39 is 54.7 Å². The highest BCUT2D eigenvalue weighted by Crippen LogP contribution is 2.60. The monoisotopic (exact) mass is 501 g/mol. The highest BCUT2D eigenvalue weighted by molar-refractivity contribution is 6.30. The molecule has 0 aromatic heterocycles. The summed E-state index contributed by atoms with van der Waals surface area (Å²) in [5.74, 6) is -41.7. The minimum absolute atomic E-state index is 0.119. The Morgan fingerprint density at radius 3 is 1.71 bits per heavy atom. The number of halogens is 14. The van der Waals surface area contributed by atoms with Crippen molar-refractivity contribution in [2.24, 2.45) is 0 Å². The van der Waals surface area contributed by atoms with Gasteiger partial charge in [-0.05, 0) is 24.1 Å². The van der Waals surface area contributed by atoms with Crippen LogP contribution < -0.4 is 5.32 Å². The molecule has 178 valence electrons. The molecule has 0 fully saturated rings. The third-order valence-corrected chi connectivity index (χ3v) is 4.04. The summed E-state index contributed by atoms with van der Waals surface area (Å²) in [7, 11) is 0. The molecule has 0 radical (unpaired) electrons. The second kappa shape index (κ2) is 8.20. The Labute approximate surface area is 169 Å². The Balaban J connectivity index is 3.13. The lowest BCUT2D eigenvalue weighted by molar-refractivity contribution is -0.436. The van der Waals surface area contributed by atoms with Gasteiger partial charge < -0.3 is 5.32 Å². The minimum Gasteiger partial charge on any atom is -0.350 e. The van der Waals surface area contributed by atoms with Crippen molar-refractivity contribution in [3.63, 3.8) is 0 Å². The fourth-order valence-electron chi connectivity index (χ4n) is 2.04. The van der Waals surface area contributed by atoms with E-state index in [1.165, 1.54) is 24.3 Å². The van der Waals surface area contributed by atoms with Crippen LogP contribution in [0.25, 0.3) is 0 Å². The average molecular weight is 502 g/mol. The second-order valence-corrected chi connectivity index (χ2v) is 6.44. The Kier molecular flexibility index (Phi) is 7.17. The summed E-state index contributed by atoms with van der Waals surface area (Å²) < 4.78 is 168. The van der Waals surface area contributed by atoms with Gasteiger partial charge in [-0.2, -0.15) is 57.1 Å². The summed E-state index contributed by atoms with van der Waals surface area (Å²) in [6, 6.07) is 5.22. The van der Waals surface area contributed by atoms with E-state index in [1.807, 2.05) is 0 Å². The molecule has 2 nitrogen and oxygen atoms in total. The topological polar surface area (TPSA) is 29.1 Å². The van der Waals surface area contributed by atoms with Crippen molar-refractivity contribution in [3.8, 4) is 0 Å². The predicted octanol–water partition coefficient (Wildman–Crippen LogP) is 5.74. The third-order valence-electron chi connectivity index (χ3n) is 3.81. The van der Waals surface area contributed by atoms with Crippen LogP contribution in [0.15, 0.2) is 24.3 Å². The first-order valence-corrected chi connectivity index (χ1v) is 8.01. The first kappa shape index (κ1) is 27.1. The van der Waals surface area contributed by atoms with Crippen LogP contribution in [0.1, 0.15) is 5.56 Å². The summed E-state index contributed by atoms with van der Waals surface area (Å²) in [5.41, 5.74) is 0.213. The van der Waals surface area contributed by atoms with Gasteiger partial charge in [0.15, 0.2) is 0 Å². The van der Waals surface area contributed by atoms with Crippen molar-refractivity contribution in [1.82, 2.24) is 5.32 Å². The van der Waals surface area contributed by atoms with E-state index in [2.05, 4.69) is 0 Å². The molecule has 0 aliphatic rings. The highest BCUT2D eigenvalue weighted by atomic mass is 35.5. The Hall–Kier alpha value is -1.93. The Morgan fingerprint density at radius 2 is 1.26 bits per heavy atom. The number of carbonyl (C=O) groups excluding carboxylic acids is 1. The maximum atomic E-state index is 13.6. The predicted molar refractivity (Wildman–Crippen MR) is 79.0 cm³/mol. The van der Waals surface area contributed by atoms with Crippen LogP contribution in [0, 0.1) is 0 Å². The van der Waals surface area contributed by atoms with Crippen molar-refractivity contribution in [2.45, 2.75) is 42.2 Å². The molecule has 0 spiro atoms. The smallest absolute Gasteiger partial charge is 0.350 e. The van der Waals surface area contributed by atoms with E-state index in [1.54, 1.807) is 0 Å². The summed E-state index contributed by atoms with van der Waals surface area (Å²) in [5, 5.41) is 1.11. The Morgan fingerprint density at radius 1 is 0.774 bits per heavy atom. The molecule has 0 aliphatic carbocycles. The molecule has 0 bridgehead atoms. The molecular formula is C15H9ClF13NO. The molecule has 1 aromatic carbocycles. The van der Waals surface area contributed by atoms with Gasteiger partial charge in [0.05, 0.1) is 0 Å². The van der Waals surface area contributed by atoms with Crippen molar-refractivity contribution < 1.29 is 61.9 Å². The summed E-state index contributed by atoms with van der Waals surface area (Å²) in [6.07, 6.45) is -7.92. The SMILES string of the molecule is O=C(NCCc1cccc(Cl)c1)C(F)(F)C(F)(F)C(F)(F)C(F)(F)C(F)(F)C(F)(F)F. The van der Waals surface area contributed by atoms with Gasteiger partial charge in [-0.25, -0.2) is 0 Å². The molecule has 0 heterocycles. The van der Waals surface area contributed by atoms with Crippen LogP contribution in [0.4, 0.5) is 57.1 Å². The van der Waals surface area contributed by atoms with Gasteiger partial charge in [0, 0.05) is 11.6 Å². The molecule has 1 rings (SSSR count). The lowest BCUT2D eigenvalue weighted by Crippen LogP contribution is -2.72. The van der Waals surface area contributed by atoms with Gasteiger partial charge in [0.1, 0.15) is 0 Å². The average Bonchev–Trinajstić information content (AvgIpc) is 2.59. The van der Waals surface area contributed by atoms with Gasteiger partial charge in [0.2, 0.25) is 0 Å². The fourth-order valence-corrected chi connectivity index (χ4v) is 2.25. The molecule has 0 saturated carbocycles. The van der Waals surface area contributed by atoms with Crippen LogP contribution in [0.5, 0.6) is 0 Å². The zero-order chi connectivity index (χ0) is 24.7. The first-order valence-electron chi connectivity index (χ1n) is 7.63. The number of benzene rings is 1. The number of rotatable bonds is 8. The van der Waals surface area contributed by atoms with Crippen LogP contribution in [-0.4, -0.2) is 48.2 Å². The number of hydrogen-bond acceptors (Lipinski definition) is 1. The molecular weight excluding hydrogens is 493 g/mol. The molecule has 0 atom stereocenters.